The van der Waals surface area contributed by atoms with Crippen molar-refractivity contribution >= 4 is 24.9 Å². The molecule has 14 heteroatoms. The number of rotatable bonds is 5. The molecule has 2 aromatic heterocycles. The fourth-order valence-electron chi connectivity index (χ4n) is 2.86. The predicted octanol–water partition coefficient (Wildman–Crippen LogP) is -3.92. The number of phosphoric ester groups is 1. The minimum atomic E-state index is -5.27. The maximum Gasteiger partial charge on any atom is 0.313 e. The lowest BCUT2D eigenvalue weighted by atomic mass is 10.1. The molecule has 0 amide bonds. The normalized spacial score (nSPS) is 26.7. The summed E-state index contributed by atoms with van der Waals surface area (Å²) >= 11 is 0. The number of aliphatic hydroxyl groups excluding tert-OH is 2. The largest absolute Gasteiger partial charge is 0.790 e. The first-order chi connectivity index (χ1) is 12.1. The summed E-state index contributed by atoms with van der Waals surface area (Å²) in [6.45, 7) is 1.41. The van der Waals surface area contributed by atoms with Gasteiger partial charge in [-0.3, -0.25) is 14.3 Å². The highest BCUT2D eigenvalue weighted by molar-refractivity contribution is 7.43. The first kappa shape index (κ1) is 18.9. The van der Waals surface area contributed by atoms with Gasteiger partial charge in [-0.2, -0.15) is 0 Å². The lowest BCUT2D eigenvalue weighted by molar-refractivity contribution is -0.746. The van der Waals surface area contributed by atoms with E-state index in [4.69, 9.17) is 10.5 Å². The number of hydrogen-bond donors (Lipinski definition) is 4. The first-order valence-corrected chi connectivity index (χ1v) is 9.06. The molecule has 0 aliphatic carbocycles. The topological polar surface area (TPSA) is 203 Å². The summed E-state index contributed by atoms with van der Waals surface area (Å²) in [6.07, 6.45) is -4.07. The first-order valence-electron chi connectivity index (χ1n) is 7.60. The molecule has 3 rings (SSSR count). The number of imidazole rings is 1. The van der Waals surface area contributed by atoms with Crippen LogP contribution in [0.4, 0.5) is 5.95 Å². The highest BCUT2D eigenvalue weighted by Gasteiger charge is 2.47. The molecule has 2 aromatic rings. The molecule has 144 valence electrons. The smallest absolute Gasteiger partial charge is 0.313 e. The maximum atomic E-state index is 12.1. The molecule has 0 bridgehead atoms. The summed E-state index contributed by atoms with van der Waals surface area (Å²) in [4.78, 5) is 39.7. The van der Waals surface area contributed by atoms with Crippen molar-refractivity contribution in [1.29, 1.82) is 0 Å². The Morgan fingerprint density at radius 1 is 1.50 bits per heavy atom. The maximum absolute atomic E-state index is 12.1. The van der Waals surface area contributed by atoms with Crippen LogP contribution in [0.2, 0.25) is 0 Å². The lowest BCUT2D eigenvalue weighted by Gasteiger charge is -2.30. The zero-order valence-electron chi connectivity index (χ0n) is 13.5. The number of ether oxygens (including phenoxy) is 1. The zero-order valence-corrected chi connectivity index (χ0v) is 14.4. The molecule has 1 unspecified atom stereocenters. The van der Waals surface area contributed by atoms with Crippen LogP contribution in [-0.2, 0) is 20.4 Å². The van der Waals surface area contributed by atoms with Gasteiger partial charge in [0, 0.05) is 0 Å². The number of aryl methyl sites for hydroxylation is 1. The minimum Gasteiger partial charge on any atom is -0.790 e. The van der Waals surface area contributed by atoms with Gasteiger partial charge < -0.3 is 39.6 Å². The minimum absolute atomic E-state index is 0.101. The average Bonchev–Trinajstić information content (AvgIpc) is 3.04. The van der Waals surface area contributed by atoms with Crippen molar-refractivity contribution in [2.24, 2.45) is 0 Å². The molecule has 1 aliphatic heterocycles. The Bertz CT molecular complexity index is 922. The van der Waals surface area contributed by atoms with Crippen molar-refractivity contribution in [2.75, 3.05) is 12.3 Å². The summed E-state index contributed by atoms with van der Waals surface area (Å²) in [5.41, 5.74) is 5.34. The number of nitrogens with two attached hydrogens (primary N) is 1. The van der Waals surface area contributed by atoms with E-state index in [1.807, 2.05) is 0 Å². The number of nitrogens with one attached hydrogen (secondary N) is 1. The van der Waals surface area contributed by atoms with Gasteiger partial charge in [0.2, 0.25) is 11.7 Å². The van der Waals surface area contributed by atoms with Gasteiger partial charge in [-0.25, -0.2) is 4.57 Å². The van der Waals surface area contributed by atoms with Gasteiger partial charge in [-0.1, -0.05) is 4.98 Å². The number of aromatic nitrogens is 4. The number of nitrogen functional groups attached to an aromatic ring is 1. The van der Waals surface area contributed by atoms with Crippen LogP contribution in [0.1, 0.15) is 13.2 Å². The van der Waals surface area contributed by atoms with Crippen LogP contribution >= 0.6 is 7.82 Å². The summed E-state index contributed by atoms with van der Waals surface area (Å²) in [5, 5.41) is 20.3. The molecule has 0 spiro atoms. The Hall–Kier alpha value is -1.86. The molecule has 0 aromatic carbocycles. The zero-order chi connectivity index (χ0) is 19.2. The van der Waals surface area contributed by atoms with Crippen LogP contribution in [0, 0.1) is 0 Å². The molecule has 1 fully saturated rings. The van der Waals surface area contributed by atoms with Crippen molar-refractivity contribution in [1.82, 2.24) is 14.5 Å². The fraction of sp³-hybridized carbons (Fsp3) is 0.583. The monoisotopic (exact) mass is 390 g/mol. The SMILES string of the molecule is CCn1c[n+](C2O[C@H](COP(=O)([O-])[O-])[C@@H](O)[C@H]2O)c2nc(N)[nH]c(=O)c21. The number of nitrogens with zero attached hydrogens (tertiary/aromatic N) is 3. The summed E-state index contributed by atoms with van der Waals surface area (Å²) in [6, 6.07) is 0. The van der Waals surface area contributed by atoms with Gasteiger partial charge in [0.15, 0.2) is 6.33 Å². The third kappa shape index (κ3) is 3.38. The number of hydrogen-bond acceptors (Lipinski definition) is 10. The third-order valence-electron chi connectivity index (χ3n) is 4.04. The molecule has 0 saturated carbocycles. The Labute approximate surface area is 145 Å². The van der Waals surface area contributed by atoms with E-state index in [0.29, 0.717) is 6.54 Å². The quantitative estimate of drug-likeness (QED) is 0.288. The Balaban J connectivity index is 1.99. The van der Waals surface area contributed by atoms with E-state index in [2.05, 4.69) is 14.5 Å². The molecule has 4 atom stereocenters. The Morgan fingerprint density at radius 3 is 2.81 bits per heavy atom. The molecular formula is C12H17N5O8P-. The van der Waals surface area contributed by atoms with E-state index in [0.717, 1.165) is 0 Å². The molecule has 5 N–H and O–H groups in total. The number of aromatic amines is 1. The second-order valence-corrected chi connectivity index (χ2v) is 6.87. The van der Waals surface area contributed by atoms with Gasteiger partial charge in [0.25, 0.3) is 11.5 Å². The number of anilines is 1. The highest BCUT2D eigenvalue weighted by atomic mass is 31.2. The van der Waals surface area contributed by atoms with Gasteiger partial charge in [0.05, 0.1) is 21.0 Å². The molecule has 3 heterocycles. The number of aliphatic hydroxyl groups is 2. The van der Waals surface area contributed by atoms with Gasteiger partial charge >= 0.3 is 5.65 Å². The van der Waals surface area contributed by atoms with Crippen LogP contribution in [0.3, 0.4) is 0 Å². The van der Waals surface area contributed by atoms with Crippen molar-refractivity contribution in [3.63, 3.8) is 0 Å². The van der Waals surface area contributed by atoms with E-state index < -0.39 is 44.5 Å². The van der Waals surface area contributed by atoms with E-state index in [-0.39, 0.29) is 17.1 Å². The standard InChI is InChI=1S/C12H18N5O8P/c1-2-16-4-17(9-6(16)10(20)15-12(13)14-9)11-8(19)7(18)5(25-11)3-24-26(21,22)23/h4-5,7-8,11,18-19H,2-3H2,1H3,(H4-,13,14,15,20,21,22,23)/p-1/t5-,7-,8-,11?/m1/s1. The van der Waals surface area contributed by atoms with E-state index >= 15 is 0 Å². The van der Waals surface area contributed by atoms with E-state index in [9.17, 15) is 29.4 Å². The second kappa shape index (κ2) is 6.70. The molecule has 1 saturated heterocycles. The lowest BCUT2D eigenvalue weighted by Crippen LogP contribution is -2.46. The molecule has 0 radical (unpaired) electrons. The van der Waals surface area contributed by atoms with Crippen LogP contribution < -0.4 is 25.6 Å². The van der Waals surface area contributed by atoms with Crippen LogP contribution in [0.5, 0.6) is 0 Å². The van der Waals surface area contributed by atoms with Crippen LogP contribution in [0.25, 0.3) is 11.2 Å². The van der Waals surface area contributed by atoms with E-state index in [1.165, 1.54) is 15.5 Å². The van der Waals surface area contributed by atoms with Gasteiger partial charge in [0.1, 0.15) is 18.3 Å². The highest BCUT2D eigenvalue weighted by Crippen LogP contribution is 2.31. The summed E-state index contributed by atoms with van der Waals surface area (Å²) in [5.74, 6) is -0.156. The fourth-order valence-corrected chi connectivity index (χ4v) is 3.19. The van der Waals surface area contributed by atoms with Crippen molar-refractivity contribution in [3.05, 3.63) is 16.7 Å². The van der Waals surface area contributed by atoms with Gasteiger partial charge in [-0.15, -0.1) is 0 Å². The number of phosphoric acid groups is 1. The third-order valence-corrected chi connectivity index (χ3v) is 4.50. The van der Waals surface area contributed by atoms with Crippen molar-refractivity contribution < 1.29 is 38.4 Å². The van der Waals surface area contributed by atoms with Gasteiger partial charge in [-0.05, 0) is 6.92 Å². The Kier molecular flexibility index (Phi) is 4.88. The molecular weight excluding hydrogens is 373 g/mol. The molecule has 13 nitrogen and oxygen atoms in total. The van der Waals surface area contributed by atoms with Crippen molar-refractivity contribution in [2.45, 2.75) is 38.0 Å². The van der Waals surface area contributed by atoms with Crippen LogP contribution in [-0.4, -0.2) is 49.7 Å². The van der Waals surface area contributed by atoms with E-state index in [1.54, 1.807) is 6.92 Å². The molecule has 26 heavy (non-hydrogen) atoms. The summed E-state index contributed by atoms with van der Waals surface area (Å²) < 4.78 is 23.0. The summed E-state index contributed by atoms with van der Waals surface area (Å²) in [7, 11) is -5.27. The second-order valence-electron chi connectivity index (χ2n) is 5.72. The predicted molar refractivity (Wildman–Crippen MR) is 80.1 cm³/mol. The van der Waals surface area contributed by atoms with Crippen LogP contribution in [0.15, 0.2) is 11.1 Å². The molecule has 1 aliphatic rings. The average molecular weight is 390 g/mol. The number of fused-ring (bicyclic) bond motifs is 1. The Morgan fingerprint density at radius 2 is 2.19 bits per heavy atom. The number of H-pyrrole nitrogens is 1. The van der Waals surface area contributed by atoms with Crippen molar-refractivity contribution in [3.8, 4) is 0 Å².